The molecule has 0 heterocycles. The van der Waals surface area contributed by atoms with Crippen molar-refractivity contribution in [1.29, 1.82) is 0 Å². The van der Waals surface area contributed by atoms with Crippen molar-refractivity contribution >= 4 is 38.7 Å². The van der Waals surface area contributed by atoms with E-state index in [9.17, 15) is 13.5 Å². The monoisotopic (exact) mass is 345 g/mol. The van der Waals surface area contributed by atoms with Crippen molar-refractivity contribution in [2.45, 2.75) is 11.4 Å². The van der Waals surface area contributed by atoms with Crippen molar-refractivity contribution < 1.29 is 13.5 Å². The van der Waals surface area contributed by atoms with Gasteiger partial charge in [0, 0.05) is 18.9 Å². The van der Waals surface area contributed by atoms with E-state index in [2.05, 4.69) is 5.32 Å². The van der Waals surface area contributed by atoms with Crippen LogP contribution in [0.4, 0.5) is 5.69 Å². The first kappa shape index (κ1) is 15.9. The van der Waals surface area contributed by atoms with E-state index in [-0.39, 0.29) is 10.6 Å². The minimum absolute atomic E-state index is 0.0695. The normalized spacial score (nSPS) is 11.4. The Morgan fingerprint density at radius 1 is 1.10 bits per heavy atom. The Morgan fingerprint density at radius 3 is 2.38 bits per heavy atom. The lowest BCUT2D eigenvalue weighted by atomic mass is 10.2. The zero-order valence-electron chi connectivity index (χ0n) is 11.1. The molecule has 0 aliphatic carbocycles. The molecule has 0 fully saturated rings. The molecule has 0 radical (unpaired) electrons. The minimum Gasteiger partial charge on any atom is -0.506 e. The summed E-state index contributed by atoms with van der Waals surface area (Å²) < 4.78 is 22.8. The third-order valence-electron chi connectivity index (χ3n) is 2.86. The zero-order chi connectivity index (χ0) is 15.6. The molecular weight excluding hydrogens is 333 g/mol. The molecular formula is C14H13Cl2NO3S. The zero-order valence-corrected chi connectivity index (χ0v) is 13.4. The number of phenolic OH excluding ortho intramolecular Hbond substituents is 1. The first-order valence-electron chi connectivity index (χ1n) is 5.98. The highest BCUT2D eigenvalue weighted by Crippen LogP contribution is 2.28. The van der Waals surface area contributed by atoms with E-state index in [0.717, 1.165) is 11.8 Å². The van der Waals surface area contributed by atoms with Gasteiger partial charge in [-0.15, -0.1) is 0 Å². The second-order valence-electron chi connectivity index (χ2n) is 4.55. The van der Waals surface area contributed by atoms with Gasteiger partial charge < -0.3 is 10.4 Å². The minimum atomic E-state index is -3.34. The predicted molar refractivity (Wildman–Crippen MR) is 85.0 cm³/mol. The Hall–Kier alpha value is -1.43. The molecule has 0 spiro atoms. The van der Waals surface area contributed by atoms with E-state index in [1.54, 1.807) is 12.1 Å². The topological polar surface area (TPSA) is 66.4 Å². The molecule has 2 aromatic rings. The van der Waals surface area contributed by atoms with Crippen LogP contribution in [-0.2, 0) is 16.4 Å². The summed E-state index contributed by atoms with van der Waals surface area (Å²) >= 11 is 11.8. The van der Waals surface area contributed by atoms with Crippen LogP contribution in [0.3, 0.4) is 0 Å². The number of hydrogen-bond acceptors (Lipinski definition) is 4. The van der Waals surface area contributed by atoms with Crippen molar-refractivity contribution in [3.63, 3.8) is 0 Å². The summed E-state index contributed by atoms with van der Waals surface area (Å²) in [7, 11) is -3.34. The third-order valence-corrected chi connectivity index (χ3v) is 4.71. The molecule has 2 rings (SSSR count). The van der Waals surface area contributed by atoms with Crippen LogP contribution >= 0.6 is 23.2 Å². The lowest BCUT2D eigenvalue weighted by Crippen LogP contribution is -2.01. The molecule has 112 valence electrons. The fourth-order valence-corrected chi connectivity index (χ4v) is 2.70. The maximum absolute atomic E-state index is 11.4. The van der Waals surface area contributed by atoms with E-state index in [0.29, 0.717) is 22.3 Å². The maximum Gasteiger partial charge on any atom is 0.175 e. The van der Waals surface area contributed by atoms with Gasteiger partial charge in [-0.2, -0.15) is 0 Å². The van der Waals surface area contributed by atoms with Crippen molar-refractivity contribution in [2.75, 3.05) is 11.6 Å². The Labute approximate surface area is 133 Å². The molecule has 0 unspecified atom stereocenters. The first-order chi connectivity index (χ1) is 9.77. The Kier molecular flexibility index (Phi) is 4.66. The number of halogens is 2. The van der Waals surface area contributed by atoms with E-state index in [1.807, 2.05) is 6.07 Å². The molecule has 0 saturated carbocycles. The standard InChI is InChI=1S/C14H13Cl2NO3S/c1-21(19,20)10-3-5-13(14(18)7-10)17-8-9-2-4-11(15)12(16)6-9/h2-7,17-18H,8H2,1H3. The molecule has 21 heavy (non-hydrogen) atoms. The van der Waals surface area contributed by atoms with Gasteiger partial charge in [-0.1, -0.05) is 29.3 Å². The summed E-state index contributed by atoms with van der Waals surface area (Å²) in [6.45, 7) is 0.419. The molecule has 0 aliphatic heterocycles. The Bertz CT molecular complexity index is 776. The fraction of sp³-hybridized carbons (Fsp3) is 0.143. The van der Waals surface area contributed by atoms with Gasteiger partial charge in [0.15, 0.2) is 9.84 Å². The summed E-state index contributed by atoms with van der Waals surface area (Å²) in [5, 5.41) is 13.8. The highest BCUT2D eigenvalue weighted by atomic mass is 35.5. The lowest BCUT2D eigenvalue weighted by Gasteiger charge is -2.10. The second-order valence-corrected chi connectivity index (χ2v) is 7.38. The van der Waals surface area contributed by atoms with Gasteiger partial charge >= 0.3 is 0 Å². The number of anilines is 1. The average Bonchev–Trinajstić information content (AvgIpc) is 2.40. The second kappa shape index (κ2) is 6.13. The van der Waals surface area contributed by atoms with E-state index in [4.69, 9.17) is 23.2 Å². The van der Waals surface area contributed by atoms with Crippen molar-refractivity contribution in [1.82, 2.24) is 0 Å². The van der Waals surface area contributed by atoms with Crippen LogP contribution in [0, 0.1) is 0 Å². The van der Waals surface area contributed by atoms with Crippen LogP contribution in [0.15, 0.2) is 41.3 Å². The Balaban J connectivity index is 2.15. The summed E-state index contributed by atoms with van der Waals surface area (Å²) in [6, 6.07) is 9.39. The number of rotatable bonds is 4. The molecule has 7 heteroatoms. The average molecular weight is 346 g/mol. The predicted octanol–water partition coefficient (Wildman–Crippen LogP) is 3.71. The van der Waals surface area contributed by atoms with E-state index in [1.165, 1.54) is 18.2 Å². The van der Waals surface area contributed by atoms with Gasteiger partial charge in [-0.3, -0.25) is 0 Å². The molecule has 0 atom stereocenters. The van der Waals surface area contributed by atoms with Crippen LogP contribution in [-0.4, -0.2) is 19.8 Å². The molecule has 2 N–H and O–H groups in total. The van der Waals surface area contributed by atoms with Crippen molar-refractivity contribution in [3.8, 4) is 5.75 Å². The smallest absolute Gasteiger partial charge is 0.175 e. The van der Waals surface area contributed by atoms with E-state index >= 15 is 0 Å². The van der Waals surface area contributed by atoms with E-state index < -0.39 is 9.84 Å². The van der Waals surface area contributed by atoms with Crippen LogP contribution in [0.5, 0.6) is 5.75 Å². The molecule has 0 aliphatic rings. The third kappa shape index (κ3) is 4.03. The highest BCUT2D eigenvalue weighted by Gasteiger charge is 2.10. The summed E-state index contributed by atoms with van der Waals surface area (Å²) in [5.41, 5.74) is 1.32. The van der Waals surface area contributed by atoms with Gasteiger partial charge in [0.2, 0.25) is 0 Å². The molecule has 4 nitrogen and oxygen atoms in total. The molecule has 0 bridgehead atoms. The number of benzene rings is 2. The van der Waals surface area contributed by atoms with Crippen molar-refractivity contribution in [2.24, 2.45) is 0 Å². The van der Waals surface area contributed by atoms with Gasteiger partial charge in [0.05, 0.1) is 20.6 Å². The Morgan fingerprint density at radius 2 is 1.81 bits per heavy atom. The number of nitrogens with one attached hydrogen (secondary N) is 1. The molecule has 2 aromatic carbocycles. The van der Waals surface area contributed by atoms with Gasteiger partial charge in [-0.05, 0) is 29.8 Å². The van der Waals surface area contributed by atoms with Crippen molar-refractivity contribution in [3.05, 3.63) is 52.0 Å². The van der Waals surface area contributed by atoms with Crippen LogP contribution in [0.2, 0.25) is 10.0 Å². The fourth-order valence-electron chi connectivity index (χ4n) is 1.74. The molecule has 0 aromatic heterocycles. The summed E-state index contributed by atoms with van der Waals surface area (Å²) in [6.07, 6.45) is 1.09. The van der Waals surface area contributed by atoms with Crippen LogP contribution < -0.4 is 5.32 Å². The number of phenols is 1. The number of hydrogen-bond donors (Lipinski definition) is 2. The highest BCUT2D eigenvalue weighted by molar-refractivity contribution is 7.90. The molecule has 0 amide bonds. The van der Waals surface area contributed by atoms with Crippen LogP contribution in [0.25, 0.3) is 0 Å². The maximum atomic E-state index is 11.4. The van der Waals surface area contributed by atoms with Gasteiger partial charge in [-0.25, -0.2) is 8.42 Å². The van der Waals surface area contributed by atoms with Gasteiger partial charge in [0.1, 0.15) is 5.75 Å². The number of aromatic hydroxyl groups is 1. The SMILES string of the molecule is CS(=O)(=O)c1ccc(NCc2ccc(Cl)c(Cl)c2)c(O)c1. The van der Waals surface area contributed by atoms with Crippen LogP contribution in [0.1, 0.15) is 5.56 Å². The quantitative estimate of drug-likeness (QED) is 0.828. The number of sulfone groups is 1. The molecule has 0 saturated heterocycles. The van der Waals surface area contributed by atoms with Gasteiger partial charge in [0.25, 0.3) is 0 Å². The largest absolute Gasteiger partial charge is 0.506 e. The lowest BCUT2D eigenvalue weighted by molar-refractivity contribution is 0.475. The first-order valence-corrected chi connectivity index (χ1v) is 8.63. The summed E-state index contributed by atoms with van der Waals surface area (Å²) in [5.74, 6) is -0.127. The summed E-state index contributed by atoms with van der Waals surface area (Å²) in [4.78, 5) is 0.0695.